The van der Waals surface area contributed by atoms with Gasteiger partial charge in [0.25, 0.3) is 0 Å². The molecule has 3 rings (SSSR count). The molecule has 1 heterocycles. The van der Waals surface area contributed by atoms with Crippen LogP contribution in [0.25, 0.3) is 11.8 Å². The van der Waals surface area contributed by atoms with Crippen molar-refractivity contribution in [1.82, 2.24) is 19.7 Å². The molecule has 0 unspecified atom stereocenters. The monoisotopic (exact) mass is 400 g/mol. The molecule has 5 nitrogen and oxygen atoms in total. The van der Waals surface area contributed by atoms with Crippen LogP contribution in [0.15, 0.2) is 61.2 Å². The second kappa shape index (κ2) is 8.37. The Morgan fingerprint density at radius 1 is 1.19 bits per heavy atom. The Bertz CT molecular complexity index is 953. The lowest BCUT2D eigenvalue weighted by molar-refractivity contribution is -0.126. The van der Waals surface area contributed by atoms with Gasteiger partial charge in [0.05, 0.1) is 11.7 Å². The van der Waals surface area contributed by atoms with Crippen molar-refractivity contribution in [3.63, 3.8) is 0 Å². The third kappa shape index (κ3) is 4.56. The van der Waals surface area contributed by atoms with Crippen LogP contribution < -0.4 is 0 Å². The van der Waals surface area contributed by atoms with Crippen LogP contribution >= 0.6 is 23.2 Å². The summed E-state index contributed by atoms with van der Waals surface area (Å²) < 4.78 is 1.68. The Kier molecular flexibility index (Phi) is 5.94. The average Bonchev–Trinajstić information content (AvgIpc) is 3.21. The van der Waals surface area contributed by atoms with Crippen molar-refractivity contribution in [2.45, 2.75) is 13.0 Å². The Morgan fingerprint density at radius 3 is 2.56 bits per heavy atom. The maximum absolute atomic E-state index is 12.5. The van der Waals surface area contributed by atoms with Crippen molar-refractivity contribution in [1.29, 1.82) is 0 Å². The summed E-state index contributed by atoms with van der Waals surface area (Å²) in [4.78, 5) is 18.1. The zero-order valence-corrected chi connectivity index (χ0v) is 16.4. The molecule has 0 aliphatic rings. The average molecular weight is 401 g/mol. The van der Waals surface area contributed by atoms with E-state index in [-0.39, 0.29) is 11.9 Å². The van der Waals surface area contributed by atoms with Gasteiger partial charge in [0.15, 0.2) is 0 Å². The van der Waals surface area contributed by atoms with Gasteiger partial charge >= 0.3 is 0 Å². The maximum Gasteiger partial charge on any atom is 0.246 e. The van der Waals surface area contributed by atoms with Crippen molar-refractivity contribution < 1.29 is 4.79 Å². The Hall–Kier alpha value is -2.63. The van der Waals surface area contributed by atoms with E-state index in [0.29, 0.717) is 10.0 Å². The van der Waals surface area contributed by atoms with Gasteiger partial charge in [-0.3, -0.25) is 4.79 Å². The Balaban J connectivity index is 1.69. The summed E-state index contributed by atoms with van der Waals surface area (Å²) in [6.45, 7) is 1.98. The standard InChI is InChI=1S/C20H18Cl2N4O/c1-14(15-4-8-18(9-5-15)26-13-23-12-24-26)25(2)20(27)10-6-16-3-7-17(21)11-19(16)22/h3-14H,1-2H3/b10-6+/t14-/m1/s1. The van der Waals surface area contributed by atoms with Gasteiger partial charge in [-0.1, -0.05) is 41.4 Å². The molecule has 0 saturated carbocycles. The van der Waals surface area contributed by atoms with Crippen molar-refractivity contribution in [2.75, 3.05) is 7.05 Å². The molecule has 27 heavy (non-hydrogen) atoms. The zero-order valence-electron chi connectivity index (χ0n) is 14.9. The van der Waals surface area contributed by atoms with E-state index in [1.165, 1.54) is 12.4 Å². The number of amides is 1. The second-order valence-corrected chi connectivity index (χ2v) is 6.90. The first-order valence-electron chi connectivity index (χ1n) is 8.30. The molecular weight excluding hydrogens is 383 g/mol. The molecular formula is C20H18Cl2N4O. The number of hydrogen-bond acceptors (Lipinski definition) is 3. The highest BCUT2D eigenvalue weighted by Gasteiger charge is 2.15. The summed E-state index contributed by atoms with van der Waals surface area (Å²) in [5, 5.41) is 5.17. The van der Waals surface area contributed by atoms with Gasteiger partial charge in [-0.15, -0.1) is 0 Å². The number of aromatic nitrogens is 3. The number of likely N-dealkylation sites (N-methyl/N-ethyl adjacent to an activating group) is 1. The van der Waals surface area contributed by atoms with Crippen LogP contribution in [0.4, 0.5) is 0 Å². The number of rotatable bonds is 5. The highest BCUT2D eigenvalue weighted by atomic mass is 35.5. The van der Waals surface area contributed by atoms with Crippen LogP contribution in [0.5, 0.6) is 0 Å². The van der Waals surface area contributed by atoms with E-state index in [2.05, 4.69) is 10.1 Å². The molecule has 1 atom stereocenters. The van der Waals surface area contributed by atoms with Gasteiger partial charge in [0.1, 0.15) is 12.7 Å². The number of benzene rings is 2. The van der Waals surface area contributed by atoms with Crippen LogP contribution in [0.2, 0.25) is 10.0 Å². The largest absolute Gasteiger partial charge is 0.335 e. The molecule has 7 heteroatoms. The molecule has 3 aromatic rings. The SMILES string of the molecule is C[C@H](c1ccc(-n2cncn2)cc1)N(C)C(=O)/C=C/c1ccc(Cl)cc1Cl. The molecule has 138 valence electrons. The quantitative estimate of drug-likeness (QED) is 0.577. The molecule has 1 amide bonds. The van der Waals surface area contributed by atoms with Gasteiger partial charge in [-0.25, -0.2) is 9.67 Å². The molecule has 0 aliphatic carbocycles. The molecule has 1 aromatic heterocycles. The van der Waals surface area contributed by atoms with Crippen LogP contribution in [0.3, 0.4) is 0 Å². The van der Waals surface area contributed by atoms with E-state index in [9.17, 15) is 4.79 Å². The molecule has 0 N–H and O–H groups in total. The first-order valence-corrected chi connectivity index (χ1v) is 9.06. The van der Waals surface area contributed by atoms with Crippen LogP contribution in [-0.2, 0) is 4.79 Å². The maximum atomic E-state index is 12.5. The Labute approximate surface area is 167 Å². The molecule has 0 radical (unpaired) electrons. The lowest BCUT2D eigenvalue weighted by atomic mass is 10.1. The van der Waals surface area contributed by atoms with E-state index < -0.39 is 0 Å². The number of halogens is 2. The molecule has 0 spiro atoms. The van der Waals surface area contributed by atoms with Gasteiger partial charge in [-0.05, 0) is 48.4 Å². The fraction of sp³-hybridized carbons (Fsp3) is 0.150. The summed E-state index contributed by atoms with van der Waals surface area (Å²) in [5.74, 6) is -0.117. The van der Waals surface area contributed by atoms with Crippen molar-refractivity contribution >= 4 is 35.2 Å². The fourth-order valence-electron chi connectivity index (χ4n) is 2.58. The molecule has 2 aromatic carbocycles. The molecule has 0 saturated heterocycles. The summed E-state index contributed by atoms with van der Waals surface area (Å²) >= 11 is 12.0. The number of carbonyl (C=O) groups is 1. The predicted octanol–water partition coefficient (Wildman–Crippen LogP) is 4.81. The van der Waals surface area contributed by atoms with E-state index in [1.54, 1.807) is 47.2 Å². The van der Waals surface area contributed by atoms with Gasteiger partial charge in [0, 0.05) is 23.2 Å². The highest BCUT2D eigenvalue weighted by Crippen LogP contribution is 2.23. The third-order valence-corrected chi connectivity index (χ3v) is 4.92. The van der Waals surface area contributed by atoms with E-state index in [0.717, 1.165) is 16.8 Å². The van der Waals surface area contributed by atoms with Crippen LogP contribution in [-0.4, -0.2) is 32.6 Å². The van der Waals surface area contributed by atoms with Crippen molar-refractivity contribution in [3.8, 4) is 5.69 Å². The zero-order chi connectivity index (χ0) is 19.4. The van der Waals surface area contributed by atoms with Gasteiger partial charge in [0.2, 0.25) is 5.91 Å². The number of nitrogens with zero attached hydrogens (tertiary/aromatic N) is 4. The predicted molar refractivity (Wildman–Crippen MR) is 108 cm³/mol. The van der Waals surface area contributed by atoms with Gasteiger partial charge in [-0.2, -0.15) is 5.10 Å². The van der Waals surface area contributed by atoms with Gasteiger partial charge < -0.3 is 4.90 Å². The summed E-state index contributed by atoms with van der Waals surface area (Å²) in [6, 6.07) is 12.9. The molecule has 0 fully saturated rings. The summed E-state index contributed by atoms with van der Waals surface area (Å²) in [6.07, 6.45) is 6.33. The third-order valence-electron chi connectivity index (χ3n) is 4.36. The summed E-state index contributed by atoms with van der Waals surface area (Å²) in [5.41, 5.74) is 2.68. The van der Waals surface area contributed by atoms with E-state index in [1.807, 2.05) is 31.2 Å². The normalized spacial score (nSPS) is 12.3. The van der Waals surface area contributed by atoms with E-state index >= 15 is 0 Å². The number of hydrogen-bond donors (Lipinski definition) is 0. The fourth-order valence-corrected chi connectivity index (χ4v) is 3.05. The minimum absolute atomic E-state index is 0.0902. The highest BCUT2D eigenvalue weighted by molar-refractivity contribution is 6.35. The van der Waals surface area contributed by atoms with Crippen molar-refractivity contribution in [2.24, 2.45) is 0 Å². The van der Waals surface area contributed by atoms with Crippen LogP contribution in [0.1, 0.15) is 24.1 Å². The van der Waals surface area contributed by atoms with Crippen LogP contribution in [0, 0.1) is 0 Å². The lowest BCUT2D eigenvalue weighted by Gasteiger charge is -2.24. The minimum Gasteiger partial charge on any atom is -0.335 e. The smallest absolute Gasteiger partial charge is 0.246 e. The lowest BCUT2D eigenvalue weighted by Crippen LogP contribution is -2.27. The first kappa shape index (κ1) is 19.1. The number of carbonyl (C=O) groups excluding carboxylic acids is 1. The first-order chi connectivity index (χ1) is 13.0. The van der Waals surface area contributed by atoms with E-state index in [4.69, 9.17) is 23.2 Å². The molecule has 0 bridgehead atoms. The van der Waals surface area contributed by atoms with Crippen molar-refractivity contribution in [3.05, 3.63) is 82.4 Å². The Morgan fingerprint density at radius 2 is 1.93 bits per heavy atom. The molecule has 0 aliphatic heterocycles. The topological polar surface area (TPSA) is 51.0 Å². The summed E-state index contributed by atoms with van der Waals surface area (Å²) in [7, 11) is 1.77. The second-order valence-electron chi connectivity index (χ2n) is 6.06. The minimum atomic E-state index is -0.117.